The van der Waals surface area contributed by atoms with Crippen LogP contribution in [0.25, 0.3) is 11.4 Å². The molecule has 0 aliphatic carbocycles. The van der Waals surface area contributed by atoms with Gasteiger partial charge < -0.3 is 14.5 Å². The number of piperazine rings is 1. The van der Waals surface area contributed by atoms with Crippen molar-refractivity contribution < 1.29 is 14.4 Å². The van der Waals surface area contributed by atoms with E-state index in [1.54, 1.807) is 4.90 Å². The molecule has 7 heteroatoms. The Morgan fingerprint density at radius 3 is 2.46 bits per heavy atom. The molecule has 2 atom stereocenters. The second-order valence-corrected chi connectivity index (χ2v) is 6.04. The zero-order chi connectivity index (χ0) is 17.1. The highest BCUT2D eigenvalue weighted by molar-refractivity contribution is 5.80. The number of aliphatic hydroxyl groups is 1. The first-order valence-corrected chi connectivity index (χ1v) is 8.16. The van der Waals surface area contributed by atoms with Crippen molar-refractivity contribution in [3.05, 3.63) is 36.2 Å². The molecule has 7 nitrogen and oxygen atoms in total. The molecule has 1 amide bonds. The van der Waals surface area contributed by atoms with Crippen LogP contribution in [0, 0.1) is 0 Å². The normalized spacial score (nSPS) is 18.4. The number of hydrogen-bond donors (Lipinski definition) is 1. The molecule has 0 bridgehead atoms. The minimum absolute atomic E-state index is 0.0150. The number of aromatic nitrogens is 2. The maximum Gasteiger partial charge on any atom is 0.251 e. The van der Waals surface area contributed by atoms with Crippen LogP contribution >= 0.6 is 0 Å². The van der Waals surface area contributed by atoms with Gasteiger partial charge >= 0.3 is 0 Å². The van der Waals surface area contributed by atoms with Crippen LogP contribution in [0.3, 0.4) is 0 Å². The Balaban J connectivity index is 1.63. The van der Waals surface area contributed by atoms with Crippen LogP contribution in [0.1, 0.15) is 25.8 Å². The Hall–Kier alpha value is -2.25. The lowest BCUT2D eigenvalue weighted by Gasteiger charge is -2.37. The van der Waals surface area contributed by atoms with E-state index in [2.05, 4.69) is 15.0 Å². The SMILES string of the molecule is CC(O)C(=O)N1CCN(C(C)c2nc(-c3ccccc3)no2)CC1. The van der Waals surface area contributed by atoms with Crippen LogP contribution in [0.4, 0.5) is 0 Å². The van der Waals surface area contributed by atoms with E-state index in [0.717, 1.165) is 5.56 Å². The molecule has 1 aliphatic rings. The second kappa shape index (κ2) is 7.11. The van der Waals surface area contributed by atoms with Crippen molar-refractivity contribution in [3.8, 4) is 11.4 Å². The Bertz CT molecular complexity index is 678. The van der Waals surface area contributed by atoms with Gasteiger partial charge in [-0.25, -0.2) is 0 Å². The molecular formula is C17H22N4O3. The smallest absolute Gasteiger partial charge is 0.251 e. The lowest BCUT2D eigenvalue weighted by molar-refractivity contribution is -0.141. The molecule has 0 saturated carbocycles. The molecule has 2 unspecified atom stereocenters. The van der Waals surface area contributed by atoms with Gasteiger partial charge in [-0.2, -0.15) is 4.98 Å². The number of carbonyl (C=O) groups excluding carboxylic acids is 1. The van der Waals surface area contributed by atoms with Gasteiger partial charge in [-0.1, -0.05) is 35.5 Å². The molecule has 2 heterocycles. The Morgan fingerprint density at radius 1 is 1.17 bits per heavy atom. The Kier molecular flexibility index (Phi) is 4.92. The molecule has 24 heavy (non-hydrogen) atoms. The summed E-state index contributed by atoms with van der Waals surface area (Å²) in [6, 6.07) is 9.69. The third-order valence-corrected chi connectivity index (χ3v) is 4.36. The molecule has 1 N–H and O–H groups in total. The first-order valence-electron chi connectivity index (χ1n) is 8.16. The fourth-order valence-electron chi connectivity index (χ4n) is 2.86. The highest BCUT2D eigenvalue weighted by Crippen LogP contribution is 2.23. The van der Waals surface area contributed by atoms with Crippen LogP contribution in [-0.2, 0) is 4.79 Å². The maximum absolute atomic E-state index is 11.8. The first-order chi connectivity index (χ1) is 11.6. The molecule has 1 aromatic heterocycles. The van der Waals surface area contributed by atoms with E-state index in [-0.39, 0.29) is 11.9 Å². The standard InChI is InChI=1S/C17H22N4O3/c1-12(20-8-10-21(11-9-20)17(23)13(2)22)16-18-15(19-24-16)14-6-4-3-5-7-14/h3-7,12-13,22H,8-11H2,1-2H3. The molecular weight excluding hydrogens is 308 g/mol. The lowest BCUT2D eigenvalue weighted by atomic mass is 10.2. The van der Waals surface area contributed by atoms with E-state index in [1.807, 2.05) is 37.3 Å². The van der Waals surface area contributed by atoms with Crippen molar-refractivity contribution in [1.82, 2.24) is 19.9 Å². The number of amides is 1. The Morgan fingerprint density at radius 2 is 1.83 bits per heavy atom. The van der Waals surface area contributed by atoms with E-state index in [0.29, 0.717) is 37.9 Å². The predicted molar refractivity (Wildman–Crippen MR) is 88.0 cm³/mol. The van der Waals surface area contributed by atoms with Gasteiger partial charge in [0.25, 0.3) is 5.91 Å². The summed E-state index contributed by atoms with van der Waals surface area (Å²) < 4.78 is 5.42. The van der Waals surface area contributed by atoms with Gasteiger partial charge in [-0.05, 0) is 13.8 Å². The van der Waals surface area contributed by atoms with Crippen LogP contribution in [0.15, 0.2) is 34.9 Å². The number of carbonyl (C=O) groups is 1. The zero-order valence-electron chi connectivity index (χ0n) is 13.9. The molecule has 0 spiro atoms. The average Bonchev–Trinajstić information content (AvgIpc) is 3.11. The lowest BCUT2D eigenvalue weighted by Crippen LogP contribution is -2.51. The van der Waals surface area contributed by atoms with Crippen molar-refractivity contribution >= 4 is 5.91 Å². The van der Waals surface area contributed by atoms with E-state index in [4.69, 9.17) is 4.52 Å². The van der Waals surface area contributed by atoms with Gasteiger partial charge in [0.2, 0.25) is 11.7 Å². The van der Waals surface area contributed by atoms with Gasteiger partial charge in [-0.3, -0.25) is 9.69 Å². The predicted octanol–water partition coefficient (Wildman–Crippen LogP) is 1.32. The van der Waals surface area contributed by atoms with Gasteiger partial charge in [-0.15, -0.1) is 0 Å². The van der Waals surface area contributed by atoms with Gasteiger partial charge in [0.05, 0.1) is 6.04 Å². The van der Waals surface area contributed by atoms with E-state index < -0.39 is 6.10 Å². The first kappa shape index (κ1) is 16.6. The summed E-state index contributed by atoms with van der Waals surface area (Å²) in [5.41, 5.74) is 0.923. The van der Waals surface area contributed by atoms with Crippen LogP contribution < -0.4 is 0 Å². The fourth-order valence-corrected chi connectivity index (χ4v) is 2.86. The van der Waals surface area contributed by atoms with E-state index >= 15 is 0 Å². The number of benzene rings is 1. The molecule has 1 fully saturated rings. The van der Waals surface area contributed by atoms with E-state index in [1.165, 1.54) is 6.92 Å². The molecule has 0 radical (unpaired) electrons. The van der Waals surface area contributed by atoms with E-state index in [9.17, 15) is 9.90 Å². The number of rotatable bonds is 4. The summed E-state index contributed by atoms with van der Waals surface area (Å²) >= 11 is 0. The van der Waals surface area contributed by atoms with Gasteiger partial charge in [0.15, 0.2) is 0 Å². The summed E-state index contributed by atoms with van der Waals surface area (Å²) in [6.07, 6.45) is -0.946. The summed E-state index contributed by atoms with van der Waals surface area (Å²) in [5.74, 6) is 0.941. The minimum Gasteiger partial charge on any atom is -0.384 e. The third kappa shape index (κ3) is 3.47. The molecule has 128 valence electrons. The summed E-state index contributed by atoms with van der Waals surface area (Å²) in [5, 5.41) is 13.5. The monoisotopic (exact) mass is 330 g/mol. The van der Waals surface area contributed by atoms with Crippen molar-refractivity contribution in [2.45, 2.75) is 26.0 Å². The van der Waals surface area contributed by atoms with Gasteiger partial charge in [0.1, 0.15) is 6.10 Å². The molecule has 1 saturated heterocycles. The van der Waals surface area contributed by atoms with Crippen LogP contribution in [-0.4, -0.2) is 63.2 Å². The number of aliphatic hydroxyl groups excluding tert-OH is 1. The van der Waals surface area contributed by atoms with Gasteiger partial charge in [0, 0.05) is 31.7 Å². The van der Waals surface area contributed by atoms with Crippen molar-refractivity contribution in [1.29, 1.82) is 0 Å². The van der Waals surface area contributed by atoms with Crippen LogP contribution in [0.2, 0.25) is 0 Å². The minimum atomic E-state index is -0.946. The Labute approximate surface area is 140 Å². The average molecular weight is 330 g/mol. The molecule has 1 aliphatic heterocycles. The fraction of sp³-hybridized carbons (Fsp3) is 0.471. The summed E-state index contributed by atoms with van der Waals surface area (Å²) in [7, 11) is 0. The quantitative estimate of drug-likeness (QED) is 0.910. The second-order valence-electron chi connectivity index (χ2n) is 6.04. The summed E-state index contributed by atoms with van der Waals surface area (Å²) in [4.78, 5) is 20.2. The number of hydrogen-bond acceptors (Lipinski definition) is 6. The largest absolute Gasteiger partial charge is 0.384 e. The van der Waals surface area contributed by atoms with Crippen molar-refractivity contribution in [2.75, 3.05) is 26.2 Å². The van der Waals surface area contributed by atoms with Crippen molar-refractivity contribution in [2.24, 2.45) is 0 Å². The highest BCUT2D eigenvalue weighted by Gasteiger charge is 2.28. The third-order valence-electron chi connectivity index (χ3n) is 4.36. The molecule has 2 aromatic rings. The van der Waals surface area contributed by atoms with Crippen LogP contribution in [0.5, 0.6) is 0 Å². The number of nitrogens with zero attached hydrogens (tertiary/aromatic N) is 4. The zero-order valence-corrected chi connectivity index (χ0v) is 13.9. The topological polar surface area (TPSA) is 82.7 Å². The molecule has 3 rings (SSSR count). The molecule has 1 aromatic carbocycles. The van der Waals surface area contributed by atoms with Crippen molar-refractivity contribution in [3.63, 3.8) is 0 Å². The summed E-state index contributed by atoms with van der Waals surface area (Å²) in [6.45, 7) is 6.13. The maximum atomic E-state index is 11.8. The highest BCUT2D eigenvalue weighted by atomic mass is 16.5.